The van der Waals surface area contributed by atoms with Crippen molar-refractivity contribution in [2.24, 2.45) is 0 Å². The monoisotopic (exact) mass is 379 g/mol. The number of fused-ring (bicyclic) bond motifs is 1. The summed E-state index contributed by atoms with van der Waals surface area (Å²) < 4.78 is 5.00. The van der Waals surface area contributed by atoms with Crippen molar-refractivity contribution in [1.82, 2.24) is 0 Å². The Morgan fingerprint density at radius 1 is 1.00 bits per heavy atom. The lowest BCUT2D eigenvalue weighted by molar-refractivity contribution is -0.147. The van der Waals surface area contributed by atoms with Crippen LogP contribution in [0.4, 0.5) is 5.69 Å². The van der Waals surface area contributed by atoms with E-state index in [0.717, 1.165) is 30.4 Å². The Balaban J connectivity index is 1.43. The van der Waals surface area contributed by atoms with Crippen molar-refractivity contribution in [2.75, 3.05) is 11.9 Å². The highest BCUT2D eigenvalue weighted by molar-refractivity contribution is 5.98. The SMILES string of the molecule is Cc1cccc(NC(=O)COC(=O)CCC(=O)c2ccc3c(c2)CCC3)c1C. The molecule has 28 heavy (non-hydrogen) atoms. The van der Waals surface area contributed by atoms with Gasteiger partial charge in [0.25, 0.3) is 5.91 Å². The number of Topliss-reactive ketones (excluding diaryl/α,β-unsaturated/α-hetero) is 1. The molecule has 0 saturated heterocycles. The number of rotatable bonds is 7. The van der Waals surface area contributed by atoms with Crippen LogP contribution in [0.3, 0.4) is 0 Å². The van der Waals surface area contributed by atoms with Gasteiger partial charge in [-0.15, -0.1) is 0 Å². The number of anilines is 1. The molecule has 0 aromatic heterocycles. The van der Waals surface area contributed by atoms with Crippen LogP contribution in [0.2, 0.25) is 0 Å². The molecule has 1 N–H and O–H groups in total. The number of carbonyl (C=O) groups excluding carboxylic acids is 3. The van der Waals surface area contributed by atoms with Crippen LogP contribution in [0.1, 0.15) is 51.9 Å². The Bertz CT molecular complexity index is 917. The van der Waals surface area contributed by atoms with Crippen LogP contribution in [0, 0.1) is 13.8 Å². The molecule has 2 aromatic rings. The van der Waals surface area contributed by atoms with Crippen molar-refractivity contribution in [2.45, 2.75) is 46.0 Å². The van der Waals surface area contributed by atoms with E-state index in [2.05, 4.69) is 5.32 Å². The molecule has 0 spiro atoms. The van der Waals surface area contributed by atoms with E-state index in [0.29, 0.717) is 11.3 Å². The summed E-state index contributed by atoms with van der Waals surface area (Å²) in [6.07, 6.45) is 3.25. The molecule has 5 heteroatoms. The molecule has 2 aromatic carbocycles. The second-order valence-corrected chi connectivity index (χ2v) is 7.22. The predicted octanol–water partition coefficient (Wildman–Crippen LogP) is 3.94. The summed E-state index contributed by atoms with van der Waals surface area (Å²) in [5.74, 6) is -1.02. The van der Waals surface area contributed by atoms with E-state index in [4.69, 9.17) is 4.74 Å². The number of benzene rings is 2. The number of nitrogens with one attached hydrogen (secondary N) is 1. The van der Waals surface area contributed by atoms with E-state index in [1.54, 1.807) is 6.07 Å². The maximum atomic E-state index is 12.3. The quantitative estimate of drug-likeness (QED) is 0.584. The average Bonchev–Trinajstić information content (AvgIpc) is 3.16. The first kappa shape index (κ1) is 19.8. The summed E-state index contributed by atoms with van der Waals surface area (Å²) >= 11 is 0. The number of esters is 1. The summed E-state index contributed by atoms with van der Waals surface area (Å²) in [5, 5.41) is 2.74. The maximum Gasteiger partial charge on any atom is 0.306 e. The molecular weight excluding hydrogens is 354 g/mol. The van der Waals surface area contributed by atoms with Gasteiger partial charge in [-0.05, 0) is 67.5 Å². The second-order valence-electron chi connectivity index (χ2n) is 7.22. The minimum Gasteiger partial charge on any atom is -0.456 e. The third-order valence-corrected chi connectivity index (χ3v) is 5.22. The predicted molar refractivity (Wildman–Crippen MR) is 108 cm³/mol. The molecule has 0 unspecified atom stereocenters. The molecule has 1 amide bonds. The van der Waals surface area contributed by atoms with Crippen LogP contribution < -0.4 is 5.32 Å². The van der Waals surface area contributed by atoms with E-state index in [1.165, 1.54) is 11.1 Å². The lowest BCUT2D eigenvalue weighted by Crippen LogP contribution is -2.21. The number of aryl methyl sites for hydroxylation is 3. The summed E-state index contributed by atoms with van der Waals surface area (Å²) in [4.78, 5) is 36.2. The minimum absolute atomic E-state index is 0.0350. The van der Waals surface area contributed by atoms with Gasteiger partial charge in [-0.3, -0.25) is 14.4 Å². The van der Waals surface area contributed by atoms with Crippen molar-refractivity contribution >= 4 is 23.3 Å². The van der Waals surface area contributed by atoms with Gasteiger partial charge in [0.15, 0.2) is 12.4 Å². The van der Waals surface area contributed by atoms with Crippen LogP contribution in [0.25, 0.3) is 0 Å². The van der Waals surface area contributed by atoms with Crippen molar-refractivity contribution < 1.29 is 19.1 Å². The van der Waals surface area contributed by atoms with E-state index in [9.17, 15) is 14.4 Å². The summed E-state index contributed by atoms with van der Waals surface area (Å²) in [6.45, 7) is 3.52. The Hall–Kier alpha value is -2.95. The number of hydrogen-bond acceptors (Lipinski definition) is 4. The number of ether oxygens (including phenoxy) is 1. The first-order chi connectivity index (χ1) is 13.4. The molecule has 146 valence electrons. The molecule has 0 aliphatic heterocycles. The topological polar surface area (TPSA) is 72.5 Å². The van der Waals surface area contributed by atoms with Crippen LogP contribution in [-0.4, -0.2) is 24.3 Å². The van der Waals surface area contributed by atoms with Crippen molar-refractivity contribution in [3.8, 4) is 0 Å². The average molecular weight is 379 g/mol. The van der Waals surface area contributed by atoms with Crippen LogP contribution in [-0.2, 0) is 27.2 Å². The Morgan fingerprint density at radius 2 is 1.79 bits per heavy atom. The zero-order valence-electron chi connectivity index (χ0n) is 16.3. The van der Waals surface area contributed by atoms with Crippen LogP contribution in [0.15, 0.2) is 36.4 Å². The number of hydrogen-bond donors (Lipinski definition) is 1. The van der Waals surface area contributed by atoms with Gasteiger partial charge in [0.2, 0.25) is 0 Å². The van der Waals surface area contributed by atoms with Gasteiger partial charge in [-0.25, -0.2) is 0 Å². The van der Waals surface area contributed by atoms with Gasteiger partial charge in [0, 0.05) is 17.7 Å². The van der Waals surface area contributed by atoms with Gasteiger partial charge in [0.05, 0.1) is 6.42 Å². The van der Waals surface area contributed by atoms with Gasteiger partial charge in [-0.2, -0.15) is 0 Å². The van der Waals surface area contributed by atoms with E-state index in [1.807, 2.05) is 44.2 Å². The van der Waals surface area contributed by atoms with Gasteiger partial charge >= 0.3 is 5.97 Å². The molecule has 3 rings (SSSR count). The summed E-state index contributed by atoms with van der Waals surface area (Å²) in [6, 6.07) is 11.4. The highest BCUT2D eigenvalue weighted by atomic mass is 16.5. The van der Waals surface area contributed by atoms with E-state index in [-0.39, 0.29) is 25.2 Å². The van der Waals surface area contributed by atoms with Crippen molar-refractivity contribution in [1.29, 1.82) is 0 Å². The van der Waals surface area contributed by atoms with Crippen molar-refractivity contribution in [3.63, 3.8) is 0 Å². The highest BCUT2D eigenvalue weighted by Gasteiger charge is 2.16. The van der Waals surface area contributed by atoms with Gasteiger partial charge in [-0.1, -0.05) is 24.3 Å². The summed E-state index contributed by atoms with van der Waals surface area (Å²) in [7, 11) is 0. The summed E-state index contributed by atoms with van der Waals surface area (Å²) in [5.41, 5.74) is 5.93. The Labute approximate surface area is 165 Å². The molecule has 5 nitrogen and oxygen atoms in total. The van der Waals surface area contributed by atoms with Gasteiger partial charge in [0.1, 0.15) is 0 Å². The molecule has 0 radical (unpaired) electrons. The largest absolute Gasteiger partial charge is 0.456 e. The fraction of sp³-hybridized carbons (Fsp3) is 0.348. The second kappa shape index (κ2) is 8.83. The minimum atomic E-state index is -0.550. The number of ketones is 1. The molecular formula is C23H25NO4. The first-order valence-corrected chi connectivity index (χ1v) is 9.60. The smallest absolute Gasteiger partial charge is 0.306 e. The van der Waals surface area contributed by atoms with Crippen LogP contribution in [0.5, 0.6) is 0 Å². The zero-order chi connectivity index (χ0) is 20.1. The lowest BCUT2D eigenvalue weighted by Gasteiger charge is -2.10. The van der Waals surface area contributed by atoms with Crippen molar-refractivity contribution in [3.05, 3.63) is 64.2 Å². The first-order valence-electron chi connectivity index (χ1n) is 9.60. The lowest BCUT2D eigenvalue weighted by atomic mass is 10.0. The zero-order valence-corrected chi connectivity index (χ0v) is 16.3. The Kier molecular flexibility index (Phi) is 6.24. The fourth-order valence-electron chi connectivity index (χ4n) is 3.40. The molecule has 0 bridgehead atoms. The molecule has 0 fully saturated rings. The fourth-order valence-corrected chi connectivity index (χ4v) is 3.40. The van der Waals surface area contributed by atoms with E-state index >= 15 is 0 Å². The molecule has 0 atom stereocenters. The molecule has 0 heterocycles. The third-order valence-electron chi connectivity index (χ3n) is 5.22. The third kappa shape index (κ3) is 4.85. The molecule has 1 aliphatic carbocycles. The van der Waals surface area contributed by atoms with E-state index < -0.39 is 11.9 Å². The molecule has 0 saturated carbocycles. The normalized spacial score (nSPS) is 12.4. The molecule has 1 aliphatic rings. The highest BCUT2D eigenvalue weighted by Crippen LogP contribution is 2.23. The Morgan fingerprint density at radius 3 is 2.61 bits per heavy atom. The van der Waals surface area contributed by atoms with Crippen LogP contribution >= 0.6 is 0 Å². The van der Waals surface area contributed by atoms with Gasteiger partial charge < -0.3 is 10.1 Å². The standard InChI is InChI=1S/C23H25NO4/c1-15-5-3-8-20(16(15)2)24-22(26)14-28-23(27)12-11-21(25)19-10-9-17-6-4-7-18(17)13-19/h3,5,8-10,13H,4,6-7,11-12,14H2,1-2H3,(H,24,26). The number of amides is 1. The maximum absolute atomic E-state index is 12.3. The number of carbonyl (C=O) groups is 3.